The first-order chi connectivity index (χ1) is 8.51. The minimum Gasteiger partial charge on any atom is -0.383 e. The highest BCUT2D eigenvalue weighted by molar-refractivity contribution is 5.94. The van der Waals surface area contributed by atoms with Gasteiger partial charge in [-0.05, 0) is 39.0 Å². The molecule has 18 heavy (non-hydrogen) atoms. The summed E-state index contributed by atoms with van der Waals surface area (Å²) in [6.07, 6.45) is 0. The molecule has 1 atom stereocenters. The number of nitrogens with zero attached hydrogens (tertiary/aromatic N) is 1. The molecule has 0 spiro atoms. The maximum Gasteiger partial charge on any atom is 0.159 e. The van der Waals surface area contributed by atoms with Crippen LogP contribution < -0.4 is 4.90 Å². The Morgan fingerprint density at radius 3 is 2.61 bits per heavy atom. The summed E-state index contributed by atoms with van der Waals surface area (Å²) in [5, 5.41) is 0. The van der Waals surface area contributed by atoms with E-state index in [2.05, 4.69) is 0 Å². The van der Waals surface area contributed by atoms with Crippen LogP contribution in [0.15, 0.2) is 18.2 Å². The summed E-state index contributed by atoms with van der Waals surface area (Å²) >= 11 is 0. The molecule has 0 fully saturated rings. The summed E-state index contributed by atoms with van der Waals surface area (Å²) in [4.78, 5) is 13.1. The zero-order chi connectivity index (χ0) is 13.7. The largest absolute Gasteiger partial charge is 0.383 e. The molecule has 100 valence electrons. The number of likely N-dealkylation sites (N-methyl/N-ethyl adjacent to an activating group) is 1. The van der Waals surface area contributed by atoms with Crippen molar-refractivity contribution < 1.29 is 13.9 Å². The lowest BCUT2D eigenvalue weighted by Crippen LogP contribution is -2.36. The van der Waals surface area contributed by atoms with Crippen molar-refractivity contribution in [2.75, 3.05) is 25.2 Å². The molecule has 1 aromatic carbocycles. The topological polar surface area (TPSA) is 29.5 Å². The van der Waals surface area contributed by atoms with Crippen LogP contribution in [0.4, 0.5) is 10.1 Å². The van der Waals surface area contributed by atoms with E-state index in [4.69, 9.17) is 4.74 Å². The normalized spacial score (nSPS) is 12.3. The Bertz CT molecular complexity index is 420. The number of benzene rings is 1. The number of halogens is 1. The van der Waals surface area contributed by atoms with Crippen molar-refractivity contribution in [3.8, 4) is 0 Å². The number of carbonyl (C=O) groups excluding carboxylic acids is 1. The summed E-state index contributed by atoms with van der Waals surface area (Å²) in [5.74, 6) is -0.499. The highest BCUT2D eigenvalue weighted by Crippen LogP contribution is 2.22. The fraction of sp³-hybridized carbons (Fsp3) is 0.500. The van der Waals surface area contributed by atoms with Crippen LogP contribution in [-0.2, 0) is 4.74 Å². The number of carbonyl (C=O) groups is 1. The molecule has 0 aliphatic carbocycles. The van der Waals surface area contributed by atoms with Crippen molar-refractivity contribution in [3.63, 3.8) is 0 Å². The SMILES string of the molecule is CCN(c1ccc(C(C)=O)cc1F)C(C)COC. The maximum absolute atomic E-state index is 14.0. The van der Waals surface area contributed by atoms with Crippen LogP contribution in [0, 0.1) is 5.82 Å². The lowest BCUT2D eigenvalue weighted by Gasteiger charge is -2.30. The van der Waals surface area contributed by atoms with E-state index < -0.39 is 0 Å². The van der Waals surface area contributed by atoms with Crippen LogP contribution in [0.5, 0.6) is 0 Å². The Morgan fingerprint density at radius 1 is 1.50 bits per heavy atom. The number of Topliss-reactive ketones (excluding diaryl/α,β-unsaturated/α-hetero) is 1. The molecule has 0 bridgehead atoms. The standard InChI is InChI=1S/C14H20FNO2/c1-5-16(10(2)9-18-4)14-7-6-12(11(3)17)8-13(14)15/h6-8,10H,5,9H2,1-4H3. The third-order valence-electron chi connectivity index (χ3n) is 2.94. The first-order valence-corrected chi connectivity index (χ1v) is 6.07. The number of hydrogen-bond donors (Lipinski definition) is 0. The number of rotatable bonds is 6. The second-order valence-corrected chi connectivity index (χ2v) is 4.31. The Kier molecular flexibility index (Phi) is 5.28. The molecule has 0 radical (unpaired) electrons. The van der Waals surface area contributed by atoms with Crippen LogP contribution in [0.2, 0.25) is 0 Å². The van der Waals surface area contributed by atoms with Crippen LogP contribution in [0.1, 0.15) is 31.1 Å². The van der Waals surface area contributed by atoms with Crippen molar-refractivity contribution in [3.05, 3.63) is 29.6 Å². The van der Waals surface area contributed by atoms with E-state index in [0.717, 1.165) is 0 Å². The molecule has 0 aromatic heterocycles. The van der Waals surface area contributed by atoms with E-state index in [1.807, 2.05) is 18.7 Å². The predicted octanol–water partition coefficient (Wildman–Crippen LogP) is 2.89. The minimum absolute atomic E-state index is 0.0812. The minimum atomic E-state index is -0.368. The maximum atomic E-state index is 14.0. The predicted molar refractivity (Wildman–Crippen MR) is 70.8 cm³/mol. The molecule has 1 unspecified atom stereocenters. The first kappa shape index (κ1) is 14.6. The van der Waals surface area contributed by atoms with Gasteiger partial charge in [-0.2, -0.15) is 0 Å². The molecule has 0 amide bonds. The van der Waals surface area contributed by atoms with Crippen LogP contribution >= 0.6 is 0 Å². The van der Waals surface area contributed by atoms with Gasteiger partial charge in [0.1, 0.15) is 5.82 Å². The monoisotopic (exact) mass is 253 g/mol. The van der Waals surface area contributed by atoms with Gasteiger partial charge in [0.05, 0.1) is 12.3 Å². The van der Waals surface area contributed by atoms with Crippen molar-refractivity contribution in [1.82, 2.24) is 0 Å². The van der Waals surface area contributed by atoms with E-state index in [0.29, 0.717) is 24.4 Å². The summed E-state index contributed by atoms with van der Waals surface area (Å²) in [5.41, 5.74) is 0.902. The molecule has 0 saturated heterocycles. The number of ketones is 1. The third-order valence-corrected chi connectivity index (χ3v) is 2.94. The van der Waals surface area contributed by atoms with Gasteiger partial charge in [0.15, 0.2) is 5.78 Å². The number of anilines is 1. The average Bonchev–Trinajstić information content (AvgIpc) is 2.32. The molecule has 0 heterocycles. The van der Waals surface area contributed by atoms with Gasteiger partial charge >= 0.3 is 0 Å². The molecular formula is C14H20FNO2. The molecule has 1 rings (SSSR count). The van der Waals surface area contributed by atoms with E-state index >= 15 is 0 Å². The van der Waals surface area contributed by atoms with Crippen molar-refractivity contribution in [1.29, 1.82) is 0 Å². The van der Waals surface area contributed by atoms with Crippen molar-refractivity contribution >= 4 is 11.5 Å². The van der Waals surface area contributed by atoms with Gasteiger partial charge < -0.3 is 9.64 Å². The zero-order valence-electron chi connectivity index (χ0n) is 11.4. The molecule has 4 heteroatoms. The molecule has 0 aliphatic heterocycles. The first-order valence-electron chi connectivity index (χ1n) is 6.07. The zero-order valence-corrected chi connectivity index (χ0v) is 11.4. The van der Waals surface area contributed by atoms with Crippen molar-refractivity contribution in [2.45, 2.75) is 26.8 Å². The Labute approximate surface area is 108 Å². The van der Waals surface area contributed by atoms with E-state index in [1.165, 1.54) is 13.0 Å². The second-order valence-electron chi connectivity index (χ2n) is 4.31. The van der Waals surface area contributed by atoms with Crippen LogP contribution in [0.25, 0.3) is 0 Å². The van der Waals surface area contributed by atoms with Gasteiger partial charge in [0, 0.05) is 25.3 Å². The summed E-state index contributed by atoms with van der Waals surface area (Å²) in [6, 6.07) is 4.68. The smallest absolute Gasteiger partial charge is 0.159 e. The molecular weight excluding hydrogens is 233 g/mol. The fourth-order valence-electron chi connectivity index (χ4n) is 2.01. The summed E-state index contributed by atoms with van der Waals surface area (Å²) in [6.45, 7) is 6.58. The van der Waals surface area contributed by atoms with Crippen molar-refractivity contribution in [2.24, 2.45) is 0 Å². The molecule has 0 saturated carbocycles. The number of methoxy groups -OCH3 is 1. The van der Waals surface area contributed by atoms with Gasteiger partial charge in [-0.3, -0.25) is 4.79 Å². The van der Waals surface area contributed by atoms with E-state index in [-0.39, 0.29) is 17.6 Å². The highest BCUT2D eigenvalue weighted by atomic mass is 19.1. The Balaban J connectivity index is 3.03. The Morgan fingerprint density at radius 2 is 2.17 bits per heavy atom. The van der Waals surface area contributed by atoms with Crippen LogP contribution in [-0.4, -0.2) is 32.1 Å². The molecule has 3 nitrogen and oxygen atoms in total. The van der Waals surface area contributed by atoms with Gasteiger partial charge in [-0.25, -0.2) is 4.39 Å². The van der Waals surface area contributed by atoms with Gasteiger partial charge in [-0.15, -0.1) is 0 Å². The van der Waals surface area contributed by atoms with Gasteiger partial charge in [0.2, 0.25) is 0 Å². The number of ether oxygens (including phenoxy) is 1. The van der Waals surface area contributed by atoms with Gasteiger partial charge in [0.25, 0.3) is 0 Å². The molecule has 0 N–H and O–H groups in total. The van der Waals surface area contributed by atoms with Crippen LogP contribution in [0.3, 0.4) is 0 Å². The molecule has 1 aromatic rings. The average molecular weight is 253 g/mol. The van der Waals surface area contributed by atoms with E-state index in [9.17, 15) is 9.18 Å². The fourth-order valence-corrected chi connectivity index (χ4v) is 2.01. The summed E-state index contributed by atoms with van der Waals surface area (Å²) < 4.78 is 19.1. The quantitative estimate of drug-likeness (QED) is 0.730. The highest BCUT2D eigenvalue weighted by Gasteiger charge is 2.17. The third kappa shape index (κ3) is 3.29. The number of hydrogen-bond acceptors (Lipinski definition) is 3. The lowest BCUT2D eigenvalue weighted by atomic mass is 10.1. The van der Waals surface area contributed by atoms with E-state index in [1.54, 1.807) is 19.2 Å². The summed E-state index contributed by atoms with van der Waals surface area (Å²) in [7, 11) is 1.62. The lowest BCUT2D eigenvalue weighted by molar-refractivity contribution is 0.101. The second kappa shape index (κ2) is 6.50. The van der Waals surface area contributed by atoms with Gasteiger partial charge in [-0.1, -0.05) is 0 Å². The Hall–Kier alpha value is -1.42. The molecule has 0 aliphatic rings.